The van der Waals surface area contributed by atoms with Gasteiger partial charge in [0.05, 0.1) is 13.3 Å². The van der Waals surface area contributed by atoms with Crippen LogP contribution in [0.2, 0.25) is 5.02 Å². The zero-order chi connectivity index (χ0) is 23.0. The van der Waals surface area contributed by atoms with Gasteiger partial charge in [0.15, 0.2) is 11.5 Å². The largest absolute Gasteiger partial charge is 0.493 e. The van der Waals surface area contributed by atoms with Gasteiger partial charge < -0.3 is 9.47 Å². The molecule has 8 heteroatoms. The summed E-state index contributed by atoms with van der Waals surface area (Å²) in [6, 6.07) is 21.7. The highest BCUT2D eigenvalue weighted by atomic mass is 35.5. The quantitative estimate of drug-likeness (QED) is 0.218. The molecule has 0 fully saturated rings. The van der Waals surface area contributed by atoms with E-state index in [0.717, 1.165) is 22.0 Å². The molecule has 1 aromatic heterocycles. The SMILES string of the molecule is COc1cc(/C=N\n2cnnc2SCc2ccc(C)cc2)ccc1OCc1ccc(Cl)cc1. The number of ether oxygens (including phenoxy) is 2. The van der Waals surface area contributed by atoms with E-state index in [1.807, 2.05) is 42.5 Å². The summed E-state index contributed by atoms with van der Waals surface area (Å²) in [6.45, 7) is 2.50. The van der Waals surface area contributed by atoms with E-state index in [-0.39, 0.29) is 0 Å². The Morgan fingerprint density at radius 1 is 1.00 bits per heavy atom. The minimum atomic E-state index is 0.420. The van der Waals surface area contributed by atoms with Crippen molar-refractivity contribution in [3.8, 4) is 11.5 Å². The second kappa shape index (κ2) is 11.0. The third-order valence-corrected chi connectivity index (χ3v) is 6.07. The monoisotopic (exact) mass is 478 g/mol. The molecule has 0 N–H and O–H groups in total. The van der Waals surface area contributed by atoms with Crippen molar-refractivity contribution < 1.29 is 9.47 Å². The van der Waals surface area contributed by atoms with E-state index < -0.39 is 0 Å². The Morgan fingerprint density at radius 3 is 2.52 bits per heavy atom. The number of halogens is 1. The molecule has 0 saturated carbocycles. The van der Waals surface area contributed by atoms with Crippen LogP contribution >= 0.6 is 23.4 Å². The van der Waals surface area contributed by atoms with Crippen LogP contribution in [-0.4, -0.2) is 28.2 Å². The maximum absolute atomic E-state index is 5.94. The fourth-order valence-corrected chi connectivity index (χ4v) is 3.93. The number of rotatable bonds is 9. The zero-order valence-electron chi connectivity index (χ0n) is 18.3. The smallest absolute Gasteiger partial charge is 0.212 e. The summed E-state index contributed by atoms with van der Waals surface area (Å²) in [7, 11) is 1.62. The summed E-state index contributed by atoms with van der Waals surface area (Å²) in [6.07, 6.45) is 3.33. The number of nitrogens with zero attached hydrogens (tertiary/aromatic N) is 4. The molecule has 0 saturated heterocycles. The van der Waals surface area contributed by atoms with Crippen LogP contribution in [-0.2, 0) is 12.4 Å². The Hall–Kier alpha value is -3.29. The lowest BCUT2D eigenvalue weighted by Crippen LogP contribution is -1.99. The van der Waals surface area contributed by atoms with E-state index >= 15 is 0 Å². The molecule has 0 radical (unpaired) electrons. The Balaban J connectivity index is 1.40. The molecule has 0 unspecified atom stereocenters. The Kier molecular flexibility index (Phi) is 7.65. The average molecular weight is 479 g/mol. The van der Waals surface area contributed by atoms with Crippen LogP contribution < -0.4 is 9.47 Å². The molecule has 1 heterocycles. The lowest BCUT2D eigenvalue weighted by molar-refractivity contribution is 0.284. The van der Waals surface area contributed by atoms with Crippen molar-refractivity contribution >= 4 is 29.6 Å². The summed E-state index contributed by atoms with van der Waals surface area (Å²) in [5, 5.41) is 14.1. The molecular formula is C25H23ClN4O2S. The van der Waals surface area contributed by atoms with Gasteiger partial charge in [0.25, 0.3) is 0 Å². The molecule has 33 heavy (non-hydrogen) atoms. The molecular weight excluding hydrogens is 456 g/mol. The Labute approximate surface area is 202 Å². The second-order valence-corrected chi connectivity index (χ2v) is 8.68. The molecule has 0 bridgehead atoms. The molecule has 0 atom stereocenters. The van der Waals surface area contributed by atoms with Crippen molar-refractivity contribution in [2.45, 2.75) is 24.4 Å². The van der Waals surface area contributed by atoms with Crippen molar-refractivity contribution in [2.75, 3.05) is 7.11 Å². The van der Waals surface area contributed by atoms with Crippen LogP contribution in [0, 0.1) is 6.92 Å². The van der Waals surface area contributed by atoms with Crippen molar-refractivity contribution in [1.29, 1.82) is 0 Å². The van der Waals surface area contributed by atoms with E-state index in [1.54, 1.807) is 36.1 Å². The third kappa shape index (κ3) is 6.37. The highest BCUT2D eigenvalue weighted by Gasteiger charge is 2.07. The number of hydrogen-bond acceptors (Lipinski definition) is 6. The van der Waals surface area contributed by atoms with Crippen molar-refractivity contribution in [3.63, 3.8) is 0 Å². The summed E-state index contributed by atoms with van der Waals surface area (Å²) in [4.78, 5) is 0. The first-order chi connectivity index (χ1) is 16.1. The fourth-order valence-electron chi connectivity index (χ4n) is 2.98. The summed E-state index contributed by atoms with van der Waals surface area (Å²) < 4.78 is 13.1. The first kappa shape index (κ1) is 22.9. The molecule has 4 aromatic rings. The van der Waals surface area contributed by atoms with E-state index in [2.05, 4.69) is 46.5 Å². The number of aromatic nitrogens is 3. The van der Waals surface area contributed by atoms with Crippen molar-refractivity contribution in [2.24, 2.45) is 5.10 Å². The van der Waals surface area contributed by atoms with Gasteiger partial charge in [0.1, 0.15) is 12.9 Å². The van der Waals surface area contributed by atoms with Gasteiger partial charge in [-0.05, 0) is 53.9 Å². The second-order valence-electron chi connectivity index (χ2n) is 7.30. The van der Waals surface area contributed by atoms with E-state index in [4.69, 9.17) is 21.1 Å². The topological polar surface area (TPSA) is 61.5 Å². The highest BCUT2D eigenvalue weighted by Crippen LogP contribution is 2.28. The third-order valence-electron chi connectivity index (χ3n) is 4.82. The minimum absolute atomic E-state index is 0.420. The predicted octanol–water partition coefficient (Wildman–Crippen LogP) is 6.00. The van der Waals surface area contributed by atoms with Gasteiger partial charge in [-0.25, -0.2) is 0 Å². The number of thioether (sulfide) groups is 1. The normalized spacial score (nSPS) is 11.1. The molecule has 0 aliphatic carbocycles. The highest BCUT2D eigenvalue weighted by molar-refractivity contribution is 7.98. The number of benzene rings is 3. The van der Waals surface area contributed by atoms with Crippen LogP contribution in [0.5, 0.6) is 11.5 Å². The molecule has 0 aliphatic heterocycles. The minimum Gasteiger partial charge on any atom is -0.493 e. The maximum Gasteiger partial charge on any atom is 0.212 e. The van der Waals surface area contributed by atoms with Crippen molar-refractivity contribution in [1.82, 2.24) is 14.9 Å². The predicted molar refractivity (Wildman–Crippen MR) is 133 cm³/mol. The molecule has 0 amide bonds. The lowest BCUT2D eigenvalue weighted by Gasteiger charge is -2.11. The van der Waals surface area contributed by atoms with Crippen LogP contribution in [0.3, 0.4) is 0 Å². The number of methoxy groups -OCH3 is 1. The summed E-state index contributed by atoms with van der Waals surface area (Å²) >= 11 is 7.52. The number of aryl methyl sites for hydroxylation is 1. The van der Waals surface area contributed by atoms with Gasteiger partial charge in [-0.3, -0.25) is 0 Å². The molecule has 4 rings (SSSR count). The molecule has 0 spiro atoms. The molecule has 6 nitrogen and oxygen atoms in total. The fraction of sp³-hybridized carbons (Fsp3) is 0.160. The zero-order valence-corrected chi connectivity index (χ0v) is 19.9. The standard InChI is InChI=1S/C25H23ClN4O2S/c1-18-3-5-20(6-4-18)16-33-25-29-27-17-30(25)28-14-21-9-12-23(24(13-21)31-2)32-15-19-7-10-22(26)11-8-19/h3-14,17H,15-16H2,1-2H3/b28-14-. The van der Waals surface area contributed by atoms with E-state index in [9.17, 15) is 0 Å². The molecule has 0 aliphatic rings. The van der Waals surface area contributed by atoms with Gasteiger partial charge in [-0.15, -0.1) is 10.2 Å². The van der Waals surface area contributed by atoms with Crippen LogP contribution in [0.15, 0.2) is 83.3 Å². The first-order valence-corrected chi connectivity index (χ1v) is 11.6. The van der Waals surface area contributed by atoms with Gasteiger partial charge in [-0.2, -0.15) is 9.78 Å². The van der Waals surface area contributed by atoms with Gasteiger partial charge in [0, 0.05) is 10.8 Å². The van der Waals surface area contributed by atoms with Crippen LogP contribution in [0.25, 0.3) is 0 Å². The van der Waals surface area contributed by atoms with Crippen molar-refractivity contribution in [3.05, 3.63) is 100 Å². The van der Waals surface area contributed by atoms with Gasteiger partial charge in [0.2, 0.25) is 5.16 Å². The van der Waals surface area contributed by atoms with Crippen LogP contribution in [0.1, 0.15) is 22.3 Å². The Morgan fingerprint density at radius 2 is 1.76 bits per heavy atom. The first-order valence-electron chi connectivity index (χ1n) is 10.3. The summed E-state index contributed by atoms with van der Waals surface area (Å²) in [5.41, 5.74) is 4.36. The van der Waals surface area contributed by atoms with Gasteiger partial charge >= 0.3 is 0 Å². The molecule has 168 valence electrons. The average Bonchev–Trinajstić information content (AvgIpc) is 3.29. The van der Waals surface area contributed by atoms with Gasteiger partial charge in [-0.1, -0.05) is 65.3 Å². The summed E-state index contributed by atoms with van der Waals surface area (Å²) in [5.74, 6) is 2.08. The number of hydrogen-bond donors (Lipinski definition) is 0. The van der Waals surface area contributed by atoms with E-state index in [0.29, 0.717) is 23.1 Å². The Bertz CT molecular complexity index is 1220. The lowest BCUT2D eigenvalue weighted by atomic mass is 10.2. The van der Waals surface area contributed by atoms with E-state index in [1.165, 1.54) is 11.1 Å². The maximum atomic E-state index is 5.94. The van der Waals surface area contributed by atoms with Crippen LogP contribution in [0.4, 0.5) is 0 Å². The molecule has 3 aromatic carbocycles.